The molecule has 0 bridgehead atoms. The Hall–Kier alpha value is -3.49. The first-order valence-electron chi connectivity index (χ1n) is 16.9. The highest BCUT2D eigenvalue weighted by atomic mass is 32.2. The van der Waals surface area contributed by atoms with Crippen molar-refractivity contribution in [3.8, 4) is 0 Å². The summed E-state index contributed by atoms with van der Waals surface area (Å²) < 4.78 is 57.2. The van der Waals surface area contributed by atoms with E-state index in [1.807, 2.05) is 44.7 Å². The number of sulfonamides is 2. The first kappa shape index (κ1) is 34.0. The first-order valence-corrected chi connectivity index (χ1v) is 19.8. The molecule has 0 saturated carbocycles. The number of nitrogens with zero attached hydrogens (tertiary/aromatic N) is 5. The largest absolute Gasteiger partial charge is 0.338 e. The molecule has 0 radical (unpaired) electrons. The topological polar surface area (TPSA) is 133 Å². The van der Waals surface area contributed by atoms with E-state index in [1.54, 1.807) is 76.7 Å². The average Bonchev–Trinajstić information content (AvgIpc) is 3.83. The zero-order valence-corrected chi connectivity index (χ0v) is 30.2. The molecule has 4 fully saturated rings. The Bertz CT molecular complexity index is 2140. The number of nitrogens with one attached hydrogen (secondary N) is 1. The highest BCUT2D eigenvalue weighted by Gasteiger charge is 2.58. The molecule has 0 spiro atoms. The molecule has 4 aromatic rings. The molecular weight excluding hydrogens is 661 g/mol. The summed E-state index contributed by atoms with van der Waals surface area (Å²) in [6.07, 6.45) is 8.53. The molecule has 11 nitrogen and oxygen atoms in total. The Kier molecular flexibility index (Phi) is 8.38. The first-order chi connectivity index (χ1) is 23.2. The summed E-state index contributed by atoms with van der Waals surface area (Å²) in [5.74, 6) is 0.595. The highest BCUT2D eigenvalue weighted by molar-refractivity contribution is 7.89. The van der Waals surface area contributed by atoms with Gasteiger partial charge in [0, 0.05) is 84.5 Å². The van der Waals surface area contributed by atoms with Crippen molar-refractivity contribution < 1.29 is 21.6 Å². The van der Waals surface area contributed by atoms with Gasteiger partial charge in [-0.05, 0) is 83.2 Å². The van der Waals surface area contributed by atoms with E-state index in [0.29, 0.717) is 40.7 Å². The lowest BCUT2D eigenvalue weighted by Gasteiger charge is -2.39. The second kappa shape index (κ2) is 12.1. The number of likely N-dealkylation sites (tertiary alicyclic amines) is 1. The number of carbonyl (C=O) groups is 1. The van der Waals surface area contributed by atoms with Gasteiger partial charge < -0.3 is 10.2 Å². The molecule has 0 aliphatic carbocycles. The van der Waals surface area contributed by atoms with Gasteiger partial charge in [-0.2, -0.15) is 8.61 Å². The van der Waals surface area contributed by atoms with E-state index < -0.39 is 31.1 Å². The molecule has 8 rings (SSSR count). The number of hydrogen-bond donors (Lipinski definition) is 1. The van der Waals surface area contributed by atoms with E-state index in [9.17, 15) is 21.6 Å². The summed E-state index contributed by atoms with van der Waals surface area (Å²) in [5, 5.41) is 6.55. The fourth-order valence-corrected chi connectivity index (χ4v) is 13.2. The summed E-state index contributed by atoms with van der Waals surface area (Å²) in [7, 11) is -7.25. The summed E-state index contributed by atoms with van der Waals surface area (Å²) in [6, 6.07) is 14.3. The van der Waals surface area contributed by atoms with Crippen LogP contribution in [0.1, 0.15) is 47.5 Å². The predicted molar refractivity (Wildman–Crippen MR) is 189 cm³/mol. The van der Waals surface area contributed by atoms with Crippen molar-refractivity contribution in [2.75, 3.05) is 26.2 Å². The minimum atomic E-state index is -3.70. The van der Waals surface area contributed by atoms with Crippen LogP contribution in [0.3, 0.4) is 0 Å². The molecule has 6 heterocycles. The molecule has 1 amide bonds. The lowest BCUT2D eigenvalue weighted by atomic mass is 9.91. The van der Waals surface area contributed by atoms with Crippen molar-refractivity contribution in [3.63, 3.8) is 0 Å². The molecular formula is C36H44N6O5S2. The normalized spacial score (nSPS) is 26.4. The minimum Gasteiger partial charge on any atom is -0.338 e. The maximum absolute atomic E-state index is 13.6. The lowest BCUT2D eigenvalue weighted by molar-refractivity contribution is -0.131. The summed E-state index contributed by atoms with van der Waals surface area (Å²) in [4.78, 5) is 22.7. The van der Waals surface area contributed by atoms with Crippen LogP contribution < -0.4 is 5.32 Å². The number of rotatable bonds is 4. The quantitative estimate of drug-likeness (QED) is 0.334. The molecule has 4 saturated heterocycles. The molecule has 1 N–H and O–H groups in total. The van der Waals surface area contributed by atoms with E-state index in [4.69, 9.17) is 0 Å². The number of fused-ring (bicyclic) bond motifs is 4. The van der Waals surface area contributed by atoms with Gasteiger partial charge in [0.1, 0.15) is 0 Å². The summed E-state index contributed by atoms with van der Waals surface area (Å²) in [5.41, 5.74) is -1.07. The SMILES string of the molecule is CC(=O)N1CCC2CN(S(=O)(=O)c3cccc4cnccc34)C(C)(C)C21.CC1(C)C2NCCC2CN1S(=O)(=O)c1cccc2cnccc12. The van der Waals surface area contributed by atoms with Crippen LogP contribution in [0.4, 0.5) is 0 Å². The van der Waals surface area contributed by atoms with Crippen LogP contribution in [0.15, 0.2) is 83.1 Å². The number of carbonyl (C=O) groups excluding carboxylic acids is 1. The van der Waals surface area contributed by atoms with Crippen LogP contribution in [0.2, 0.25) is 0 Å². The van der Waals surface area contributed by atoms with Crippen LogP contribution in [0.5, 0.6) is 0 Å². The zero-order valence-electron chi connectivity index (χ0n) is 28.6. The lowest BCUT2D eigenvalue weighted by Crippen LogP contribution is -2.54. The van der Waals surface area contributed by atoms with E-state index in [1.165, 1.54) is 0 Å². The second-order valence-corrected chi connectivity index (χ2v) is 18.4. The van der Waals surface area contributed by atoms with Gasteiger partial charge in [-0.15, -0.1) is 0 Å². The summed E-state index contributed by atoms with van der Waals surface area (Å²) in [6.45, 7) is 12.2. The third-order valence-electron chi connectivity index (χ3n) is 11.3. The van der Waals surface area contributed by atoms with Crippen LogP contribution in [0, 0.1) is 11.8 Å². The van der Waals surface area contributed by atoms with Gasteiger partial charge in [-0.25, -0.2) is 16.8 Å². The Morgan fingerprint density at radius 1 is 0.755 bits per heavy atom. The summed E-state index contributed by atoms with van der Waals surface area (Å²) >= 11 is 0. The van der Waals surface area contributed by atoms with E-state index >= 15 is 0 Å². The van der Waals surface area contributed by atoms with Gasteiger partial charge in [0.15, 0.2) is 0 Å². The Morgan fingerprint density at radius 2 is 1.29 bits per heavy atom. The predicted octanol–water partition coefficient (Wildman–Crippen LogP) is 4.25. The molecule has 2 aromatic heterocycles. The van der Waals surface area contributed by atoms with Crippen molar-refractivity contribution >= 4 is 47.5 Å². The van der Waals surface area contributed by atoms with Gasteiger partial charge in [0.05, 0.1) is 21.4 Å². The smallest absolute Gasteiger partial charge is 0.244 e. The van der Waals surface area contributed by atoms with Crippen molar-refractivity contribution in [2.24, 2.45) is 11.8 Å². The number of hydrogen-bond acceptors (Lipinski definition) is 8. The third kappa shape index (κ3) is 5.45. The fourth-order valence-electron chi connectivity index (χ4n) is 9.03. The molecule has 4 aliphatic heterocycles. The second-order valence-electron chi connectivity index (χ2n) is 14.8. The van der Waals surface area contributed by atoms with Gasteiger partial charge >= 0.3 is 0 Å². The van der Waals surface area contributed by atoms with Crippen LogP contribution in [-0.4, -0.2) is 95.6 Å². The maximum Gasteiger partial charge on any atom is 0.244 e. The third-order valence-corrected chi connectivity index (χ3v) is 15.5. The van der Waals surface area contributed by atoms with Gasteiger partial charge in [0.2, 0.25) is 26.0 Å². The Balaban J connectivity index is 0.000000155. The number of benzene rings is 2. The zero-order chi connectivity index (χ0) is 34.9. The highest BCUT2D eigenvalue weighted by Crippen LogP contribution is 2.46. The molecule has 4 unspecified atom stereocenters. The standard InChI is InChI=1S/C19H23N3O3S.C17H21N3O2S/c1-13(23)21-10-8-15-12-22(19(2,3)18(15)21)26(24,25)17-6-4-5-14-11-20-9-7-16(14)17;1-17(2)16-13(6-9-19-16)11-20(17)23(21,22)15-5-3-4-12-10-18-8-7-14(12)15/h4-7,9,11,15,18H,8,10,12H2,1-3H3;3-5,7-8,10,13,16,19H,6,9,11H2,1-2H3. The number of aromatic nitrogens is 2. The van der Waals surface area contributed by atoms with Crippen LogP contribution >= 0.6 is 0 Å². The minimum absolute atomic E-state index is 0.0149. The van der Waals surface area contributed by atoms with E-state index in [0.717, 1.165) is 35.5 Å². The monoisotopic (exact) mass is 704 g/mol. The van der Waals surface area contributed by atoms with Crippen LogP contribution in [-0.2, 0) is 24.8 Å². The van der Waals surface area contributed by atoms with Crippen molar-refractivity contribution in [1.82, 2.24) is 28.8 Å². The van der Waals surface area contributed by atoms with Crippen molar-refractivity contribution in [3.05, 3.63) is 73.3 Å². The molecule has 49 heavy (non-hydrogen) atoms. The molecule has 260 valence electrons. The van der Waals surface area contributed by atoms with Gasteiger partial charge in [0.25, 0.3) is 0 Å². The fraction of sp³-hybridized carbons (Fsp3) is 0.472. The average molecular weight is 705 g/mol. The van der Waals surface area contributed by atoms with Crippen molar-refractivity contribution in [1.29, 1.82) is 0 Å². The molecule has 4 aliphatic rings. The van der Waals surface area contributed by atoms with Gasteiger partial charge in [-0.1, -0.05) is 24.3 Å². The van der Waals surface area contributed by atoms with Crippen LogP contribution in [0.25, 0.3) is 21.5 Å². The molecule has 13 heteroatoms. The number of pyridine rings is 2. The Morgan fingerprint density at radius 3 is 1.82 bits per heavy atom. The molecule has 2 aromatic carbocycles. The van der Waals surface area contributed by atoms with E-state index in [-0.39, 0.29) is 23.9 Å². The Labute approximate surface area is 288 Å². The van der Waals surface area contributed by atoms with E-state index in [2.05, 4.69) is 15.3 Å². The molecule has 4 atom stereocenters. The maximum atomic E-state index is 13.6. The van der Waals surface area contributed by atoms with Crippen molar-refractivity contribution in [2.45, 2.75) is 80.4 Å². The van der Waals surface area contributed by atoms with Gasteiger partial charge in [-0.3, -0.25) is 14.8 Å². The number of amides is 1.